The molecule has 0 aliphatic heterocycles. The van der Waals surface area contributed by atoms with Gasteiger partial charge in [0.1, 0.15) is 11.2 Å². The largest absolute Gasteiger partial charge is 0.456 e. The van der Waals surface area contributed by atoms with Gasteiger partial charge in [0.05, 0.1) is 0 Å². The molecule has 2 heterocycles. The minimum absolute atomic E-state index is 0.121. The minimum Gasteiger partial charge on any atom is -0.456 e. The average Bonchev–Trinajstić information content (AvgIpc) is 3.82. The Morgan fingerprint density at radius 2 is 0.932 bits per heavy atom. The minimum atomic E-state index is 0.121. The molecular weight excluding hydrogens is 719 g/mol. The summed E-state index contributed by atoms with van der Waals surface area (Å²) in [5.74, 6) is 5.22. The summed E-state index contributed by atoms with van der Waals surface area (Å²) in [5.41, 5.74) is 15.2. The molecule has 0 amide bonds. The predicted octanol–water partition coefficient (Wildman–Crippen LogP) is 13.8. The zero-order valence-corrected chi connectivity index (χ0v) is 32.7. The van der Waals surface area contributed by atoms with Crippen LogP contribution in [0.5, 0.6) is 0 Å². The van der Waals surface area contributed by atoms with Gasteiger partial charge < -0.3 is 4.42 Å². The van der Waals surface area contributed by atoms with E-state index in [1.165, 1.54) is 59.9 Å². The number of hydrogen-bond acceptors (Lipinski definition) is 4. The summed E-state index contributed by atoms with van der Waals surface area (Å²) >= 11 is 0. The highest BCUT2D eigenvalue weighted by molar-refractivity contribution is 6.13. The Labute approximate surface area is 343 Å². The van der Waals surface area contributed by atoms with Gasteiger partial charge in [0.15, 0.2) is 17.5 Å². The van der Waals surface area contributed by atoms with E-state index in [1.54, 1.807) is 5.56 Å². The van der Waals surface area contributed by atoms with Gasteiger partial charge in [-0.1, -0.05) is 140 Å². The SMILES string of the molecule is c1ccc(-c2ccc(-c3nc(-c4ccc5c(c4)-c4ccccc4C54C5CC6CC(C5)CC4C6)nc(-c4ccc5c(c4)oc4cccc(-c6ccccc6)c45)n3)cc2)cc1. The zero-order valence-electron chi connectivity index (χ0n) is 32.7. The van der Waals surface area contributed by atoms with E-state index in [0.29, 0.717) is 17.5 Å². The summed E-state index contributed by atoms with van der Waals surface area (Å²) in [5, 5.41) is 2.19. The molecular formula is C55H41N3O. The van der Waals surface area contributed by atoms with Crippen LogP contribution in [0.3, 0.4) is 0 Å². The molecule has 9 aromatic rings. The lowest BCUT2D eigenvalue weighted by Crippen LogP contribution is -2.55. The molecule has 2 aromatic heterocycles. The second-order valence-corrected chi connectivity index (χ2v) is 17.6. The van der Waals surface area contributed by atoms with Crippen molar-refractivity contribution in [2.75, 3.05) is 0 Å². The summed E-state index contributed by atoms with van der Waals surface area (Å²) in [7, 11) is 0. The quantitative estimate of drug-likeness (QED) is 0.175. The van der Waals surface area contributed by atoms with Crippen molar-refractivity contribution < 1.29 is 4.42 Å². The molecule has 0 N–H and O–H groups in total. The highest BCUT2D eigenvalue weighted by Crippen LogP contribution is 2.69. The maximum absolute atomic E-state index is 6.57. The third kappa shape index (κ3) is 4.99. The third-order valence-electron chi connectivity index (χ3n) is 14.5. The molecule has 4 heteroatoms. The maximum Gasteiger partial charge on any atom is 0.164 e. The molecule has 7 aromatic carbocycles. The number of fused-ring (bicyclic) bond motifs is 6. The Bertz CT molecular complexity index is 3080. The van der Waals surface area contributed by atoms with Gasteiger partial charge in [0.2, 0.25) is 0 Å². The van der Waals surface area contributed by atoms with Crippen LogP contribution in [0.25, 0.3) is 89.5 Å². The zero-order chi connectivity index (χ0) is 38.7. The molecule has 4 fully saturated rings. The van der Waals surface area contributed by atoms with Crippen molar-refractivity contribution in [2.45, 2.75) is 37.5 Å². The van der Waals surface area contributed by atoms with Gasteiger partial charge >= 0.3 is 0 Å². The van der Waals surface area contributed by atoms with E-state index in [2.05, 4.69) is 164 Å². The Kier molecular flexibility index (Phi) is 7.16. The van der Waals surface area contributed by atoms with Crippen LogP contribution < -0.4 is 0 Å². The third-order valence-corrected chi connectivity index (χ3v) is 14.5. The van der Waals surface area contributed by atoms with Crippen molar-refractivity contribution >= 4 is 21.9 Å². The van der Waals surface area contributed by atoms with Crippen molar-refractivity contribution in [3.8, 4) is 67.5 Å². The van der Waals surface area contributed by atoms with Crippen molar-refractivity contribution in [1.82, 2.24) is 15.0 Å². The molecule has 0 atom stereocenters. The van der Waals surface area contributed by atoms with E-state index in [9.17, 15) is 0 Å². The van der Waals surface area contributed by atoms with Crippen LogP contribution >= 0.6 is 0 Å². The molecule has 5 aliphatic carbocycles. The monoisotopic (exact) mass is 759 g/mol. The van der Waals surface area contributed by atoms with Crippen molar-refractivity contribution in [3.05, 3.63) is 175 Å². The summed E-state index contributed by atoms with van der Waals surface area (Å²) in [4.78, 5) is 15.7. The van der Waals surface area contributed by atoms with E-state index in [0.717, 1.165) is 73.4 Å². The second-order valence-electron chi connectivity index (χ2n) is 17.6. The molecule has 0 saturated heterocycles. The summed E-state index contributed by atoms with van der Waals surface area (Å²) in [6.45, 7) is 0. The Balaban J connectivity index is 0.966. The first-order chi connectivity index (χ1) is 29.2. The number of rotatable bonds is 5. The molecule has 59 heavy (non-hydrogen) atoms. The molecule has 1 spiro atoms. The maximum atomic E-state index is 6.57. The van der Waals surface area contributed by atoms with E-state index < -0.39 is 0 Å². The van der Waals surface area contributed by atoms with E-state index in [-0.39, 0.29) is 5.41 Å². The van der Waals surface area contributed by atoms with Gasteiger partial charge in [-0.05, 0) is 125 Å². The molecule has 4 bridgehead atoms. The number of benzene rings is 7. The van der Waals surface area contributed by atoms with Crippen molar-refractivity contribution in [1.29, 1.82) is 0 Å². The molecule has 4 nitrogen and oxygen atoms in total. The number of furan rings is 1. The first-order valence-corrected chi connectivity index (χ1v) is 21.3. The molecule has 14 rings (SSSR count). The Morgan fingerprint density at radius 1 is 0.390 bits per heavy atom. The van der Waals surface area contributed by atoms with Gasteiger partial charge in [-0.3, -0.25) is 0 Å². The molecule has 0 unspecified atom stereocenters. The van der Waals surface area contributed by atoms with Gasteiger partial charge in [-0.15, -0.1) is 0 Å². The topological polar surface area (TPSA) is 51.8 Å². The molecule has 282 valence electrons. The predicted molar refractivity (Wildman–Crippen MR) is 238 cm³/mol. The van der Waals surface area contributed by atoms with Crippen LogP contribution in [0.1, 0.15) is 43.2 Å². The normalized spacial score (nSPS) is 22.3. The lowest BCUT2D eigenvalue weighted by Gasteiger charge is -2.61. The molecule has 4 saturated carbocycles. The van der Waals surface area contributed by atoms with Gasteiger partial charge in [-0.2, -0.15) is 0 Å². The van der Waals surface area contributed by atoms with Crippen LogP contribution in [0.4, 0.5) is 0 Å². The van der Waals surface area contributed by atoms with E-state index >= 15 is 0 Å². The number of hydrogen-bond donors (Lipinski definition) is 0. The highest BCUT2D eigenvalue weighted by atomic mass is 16.3. The lowest BCUT2D eigenvalue weighted by molar-refractivity contribution is -0.0399. The standard InChI is InChI=1S/C55H41N3O/c1-3-10-35(11-4-1)36-18-20-38(21-19-36)52-56-53(58-54(57-52)40-22-24-45-50(32-40)59-49-17-9-15-43(51(45)49)37-12-5-2-6-13-37)39-23-25-48-46(31-39)44-14-7-8-16-47(44)55(48)41-27-33-26-34(29-41)30-42(55)28-33/h1-25,31-34,41-42H,26-30H2. The van der Waals surface area contributed by atoms with E-state index in [1.807, 2.05) is 0 Å². The van der Waals surface area contributed by atoms with Crippen LogP contribution in [0.2, 0.25) is 0 Å². The van der Waals surface area contributed by atoms with Gasteiger partial charge in [0, 0.05) is 32.9 Å². The van der Waals surface area contributed by atoms with Crippen LogP contribution in [-0.4, -0.2) is 15.0 Å². The van der Waals surface area contributed by atoms with Crippen LogP contribution in [0.15, 0.2) is 168 Å². The second kappa shape index (κ2) is 12.7. The first kappa shape index (κ1) is 33.3. The summed E-state index contributed by atoms with van der Waals surface area (Å²) in [6.07, 6.45) is 6.93. The summed E-state index contributed by atoms with van der Waals surface area (Å²) in [6, 6.07) is 58.8. The summed E-state index contributed by atoms with van der Waals surface area (Å²) < 4.78 is 6.57. The Morgan fingerprint density at radius 3 is 1.66 bits per heavy atom. The first-order valence-electron chi connectivity index (χ1n) is 21.3. The molecule has 5 aliphatic rings. The fraction of sp³-hybridized carbons (Fsp3) is 0.182. The molecule has 0 radical (unpaired) electrons. The number of aromatic nitrogens is 3. The smallest absolute Gasteiger partial charge is 0.164 e. The number of nitrogens with zero attached hydrogens (tertiary/aromatic N) is 3. The lowest BCUT2D eigenvalue weighted by atomic mass is 9.43. The van der Waals surface area contributed by atoms with E-state index in [4.69, 9.17) is 19.4 Å². The van der Waals surface area contributed by atoms with Crippen LogP contribution in [0, 0.1) is 23.7 Å². The van der Waals surface area contributed by atoms with Gasteiger partial charge in [-0.25, -0.2) is 15.0 Å². The fourth-order valence-corrected chi connectivity index (χ4v) is 12.3. The highest BCUT2D eigenvalue weighted by Gasteiger charge is 2.61. The van der Waals surface area contributed by atoms with Crippen molar-refractivity contribution in [3.63, 3.8) is 0 Å². The average molecular weight is 760 g/mol. The van der Waals surface area contributed by atoms with Crippen molar-refractivity contribution in [2.24, 2.45) is 23.7 Å². The Hall–Kier alpha value is -6.65. The van der Waals surface area contributed by atoms with Crippen LogP contribution in [-0.2, 0) is 5.41 Å². The van der Waals surface area contributed by atoms with Gasteiger partial charge in [0.25, 0.3) is 0 Å². The fourth-order valence-electron chi connectivity index (χ4n) is 12.3.